The van der Waals surface area contributed by atoms with E-state index in [9.17, 15) is 14.4 Å². The lowest BCUT2D eigenvalue weighted by molar-refractivity contribution is -0.142. The smallest absolute Gasteiger partial charge is 0.319 e. The molecule has 0 spiro atoms. The van der Waals surface area contributed by atoms with Crippen LogP contribution < -0.4 is 10.6 Å². The zero-order valence-electron chi connectivity index (χ0n) is 16.6. The molecule has 0 aliphatic carbocycles. The Bertz CT molecular complexity index is 652. The fourth-order valence-electron chi connectivity index (χ4n) is 3.05. The van der Waals surface area contributed by atoms with Gasteiger partial charge in [-0.1, -0.05) is 45.9 Å². The van der Waals surface area contributed by atoms with Crippen LogP contribution in [-0.4, -0.2) is 59.9 Å². The maximum atomic E-state index is 12.9. The van der Waals surface area contributed by atoms with Gasteiger partial charge in [0.25, 0.3) is 0 Å². The third-order valence-corrected chi connectivity index (χ3v) is 4.65. The first-order chi connectivity index (χ1) is 12.8. The third kappa shape index (κ3) is 5.70. The highest BCUT2D eigenvalue weighted by Gasteiger charge is 2.32. The van der Waals surface area contributed by atoms with Crippen molar-refractivity contribution >= 4 is 23.5 Å². The van der Waals surface area contributed by atoms with E-state index in [0.717, 1.165) is 0 Å². The van der Waals surface area contributed by atoms with Crippen molar-refractivity contribution in [2.75, 3.05) is 31.5 Å². The summed E-state index contributed by atoms with van der Waals surface area (Å²) < 4.78 is 0. The molecule has 0 bridgehead atoms. The minimum atomic E-state index is -0.610. The van der Waals surface area contributed by atoms with Gasteiger partial charge < -0.3 is 20.4 Å². The van der Waals surface area contributed by atoms with E-state index >= 15 is 0 Å². The fourth-order valence-corrected chi connectivity index (χ4v) is 3.05. The predicted octanol–water partition coefficient (Wildman–Crippen LogP) is 2.16. The number of nitrogens with zero attached hydrogens (tertiary/aromatic N) is 2. The zero-order chi connectivity index (χ0) is 20.0. The molecule has 2 rings (SSSR count). The summed E-state index contributed by atoms with van der Waals surface area (Å²) in [5, 5.41) is 5.54. The van der Waals surface area contributed by atoms with Gasteiger partial charge in [0.1, 0.15) is 6.04 Å². The van der Waals surface area contributed by atoms with Crippen LogP contribution >= 0.6 is 0 Å². The van der Waals surface area contributed by atoms with Crippen LogP contribution in [0.3, 0.4) is 0 Å². The molecule has 1 unspecified atom stereocenters. The molecular formula is C20H30N4O3. The number of hydrogen-bond donors (Lipinski definition) is 2. The molecule has 1 aromatic rings. The number of hydrogen-bond acceptors (Lipinski definition) is 3. The maximum absolute atomic E-state index is 12.9. The van der Waals surface area contributed by atoms with E-state index in [-0.39, 0.29) is 23.7 Å². The molecule has 27 heavy (non-hydrogen) atoms. The number of benzene rings is 1. The van der Waals surface area contributed by atoms with E-state index in [0.29, 0.717) is 31.9 Å². The Morgan fingerprint density at radius 3 is 1.85 bits per heavy atom. The molecule has 1 aliphatic rings. The molecule has 1 saturated heterocycles. The lowest BCUT2D eigenvalue weighted by Crippen LogP contribution is -2.57. The molecule has 1 aliphatic heterocycles. The van der Waals surface area contributed by atoms with Gasteiger partial charge in [0.15, 0.2) is 0 Å². The van der Waals surface area contributed by atoms with Gasteiger partial charge in [-0.05, 0) is 18.1 Å². The van der Waals surface area contributed by atoms with E-state index in [2.05, 4.69) is 10.6 Å². The van der Waals surface area contributed by atoms with Crippen molar-refractivity contribution in [1.82, 2.24) is 15.1 Å². The first-order valence-electron chi connectivity index (χ1n) is 9.49. The van der Waals surface area contributed by atoms with Gasteiger partial charge in [0.05, 0.1) is 0 Å². The van der Waals surface area contributed by atoms with Crippen LogP contribution in [0, 0.1) is 11.8 Å². The second-order valence-corrected chi connectivity index (χ2v) is 7.49. The molecule has 0 saturated carbocycles. The number of para-hydroxylation sites is 1. The average Bonchev–Trinajstić information content (AvgIpc) is 2.65. The van der Waals surface area contributed by atoms with Crippen LogP contribution in [0.1, 0.15) is 27.7 Å². The van der Waals surface area contributed by atoms with Gasteiger partial charge in [-0.2, -0.15) is 0 Å². The molecule has 4 amide bonds. The van der Waals surface area contributed by atoms with Gasteiger partial charge in [-0.25, -0.2) is 4.79 Å². The normalized spacial score (nSPS) is 15.6. The maximum Gasteiger partial charge on any atom is 0.319 e. The SMILES string of the molecule is CC(C)C(=O)N1CCN(C(=O)C(NC(=O)Nc2ccccc2)C(C)C)CC1. The molecular weight excluding hydrogens is 344 g/mol. The average molecular weight is 374 g/mol. The van der Waals surface area contributed by atoms with Crippen molar-refractivity contribution in [3.05, 3.63) is 30.3 Å². The van der Waals surface area contributed by atoms with E-state index in [1.807, 2.05) is 45.9 Å². The van der Waals surface area contributed by atoms with Crippen molar-refractivity contribution in [3.8, 4) is 0 Å². The van der Waals surface area contributed by atoms with Crippen molar-refractivity contribution < 1.29 is 14.4 Å². The van der Waals surface area contributed by atoms with Gasteiger partial charge in [0, 0.05) is 37.8 Å². The fraction of sp³-hybridized carbons (Fsp3) is 0.550. The molecule has 148 valence electrons. The second kappa shape index (κ2) is 9.39. The summed E-state index contributed by atoms with van der Waals surface area (Å²) in [4.78, 5) is 40.8. The van der Waals surface area contributed by atoms with Gasteiger partial charge in [-0.15, -0.1) is 0 Å². The predicted molar refractivity (Wildman–Crippen MR) is 105 cm³/mol. The first kappa shape index (κ1) is 20.7. The highest BCUT2D eigenvalue weighted by atomic mass is 16.2. The molecule has 1 fully saturated rings. The first-order valence-corrected chi connectivity index (χ1v) is 9.49. The number of carbonyl (C=O) groups is 3. The van der Waals surface area contributed by atoms with Crippen molar-refractivity contribution in [1.29, 1.82) is 0 Å². The number of carbonyl (C=O) groups excluding carboxylic acids is 3. The summed E-state index contributed by atoms with van der Waals surface area (Å²) in [5.74, 6) is -0.0823. The standard InChI is InChI=1S/C20H30N4O3/c1-14(2)17(22-20(27)21-16-8-6-5-7-9-16)19(26)24-12-10-23(11-13-24)18(25)15(3)4/h5-9,14-15,17H,10-13H2,1-4H3,(H2,21,22,27). The molecule has 1 heterocycles. The van der Waals surface area contributed by atoms with Crippen LogP contribution in [0.5, 0.6) is 0 Å². The molecule has 1 aromatic carbocycles. The number of urea groups is 1. The van der Waals surface area contributed by atoms with Crippen molar-refractivity contribution in [3.63, 3.8) is 0 Å². The van der Waals surface area contributed by atoms with Crippen LogP contribution in [0.2, 0.25) is 0 Å². The second-order valence-electron chi connectivity index (χ2n) is 7.49. The number of amides is 4. The van der Waals surface area contributed by atoms with E-state index < -0.39 is 12.1 Å². The van der Waals surface area contributed by atoms with E-state index in [1.54, 1.807) is 21.9 Å². The summed E-state index contributed by atoms with van der Waals surface area (Å²) in [6.45, 7) is 9.61. The van der Waals surface area contributed by atoms with Crippen LogP contribution in [0.15, 0.2) is 30.3 Å². The lowest BCUT2D eigenvalue weighted by atomic mass is 10.0. The van der Waals surface area contributed by atoms with Crippen molar-refractivity contribution in [2.45, 2.75) is 33.7 Å². The molecule has 7 heteroatoms. The number of piperazine rings is 1. The van der Waals surface area contributed by atoms with Crippen LogP contribution in [0.25, 0.3) is 0 Å². The largest absolute Gasteiger partial charge is 0.339 e. The molecule has 1 atom stereocenters. The van der Waals surface area contributed by atoms with Gasteiger partial charge in [-0.3, -0.25) is 9.59 Å². The van der Waals surface area contributed by atoms with Gasteiger partial charge >= 0.3 is 6.03 Å². The van der Waals surface area contributed by atoms with E-state index in [1.165, 1.54) is 0 Å². The van der Waals surface area contributed by atoms with Gasteiger partial charge in [0.2, 0.25) is 11.8 Å². The van der Waals surface area contributed by atoms with Crippen LogP contribution in [0.4, 0.5) is 10.5 Å². The Morgan fingerprint density at radius 1 is 0.852 bits per heavy atom. The summed E-state index contributed by atoms with van der Waals surface area (Å²) >= 11 is 0. The Kier molecular flexibility index (Phi) is 7.21. The molecule has 0 aromatic heterocycles. The highest BCUT2D eigenvalue weighted by Crippen LogP contribution is 2.12. The Labute approximate surface area is 161 Å². The Balaban J connectivity index is 1.93. The lowest BCUT2D eigenvalue weighted by Gasteiger charge is -2.37. The summed E-state index contributed by atoms with van der Waals surface area (Å²) in [5.41, 5.74) is 0.672. The monoisotopic (exact) mass is 374 g/mol. The molecule has 2 N–H and O–H groups in total. The zero-order valence-corrected chi connectivity index (χ0v) is 16.6. The number of rotatable bonds is 5. The number of nitrogens with one attached hydrogen (secondary N) is 2. The van der Waals surface area contributed by atoms with Crippen molar-refractivity contribution in [2.24, 2.45) is 11.8 Å². The minimum absolute atomic E-state index is 0.0426. The topological polar surface area (TPSA) is 81.8 Å². The minimum Gasteiger partial charge on any atom is -0.339 e. The van der Waals surface area contributed by atoms with Crippen LogP contribution in [-0.2, 0) is 9.59 Å². The van der Waals surface area contributed by atoms with E-state index in [4.69, 9.17) is 0 Å². The highest BCUT2D eigenvalue weighted by molar-refractivity contribution is 5.94. The molecule has 7 nitrogen and oxygen atoms in total. The third-order valence-electron chi connectivity index (χ3n) is 4.65. The quantitative estimate of drug-likeness (QED) is 0.829. The Morgan fingerprint density at radius 2 is 1.37 bits per heavy atom. The summed E-state index contributed by atoms with van der Waals surface area (Å²) in [7, 11) is 0. The Hall–Kier alpha value is -2.57. The number of anilines is 1. The molecule has 0 radical (unpaired) electrons. The summed E-state index contributed by atoms with van der Waals surface area (Å²) in [6, 6.07) is 8.10. The summed E-state index contributed by atoms with van der Waals surface area (Å²) in [6.07, 6.45) is 0.